The number of rotatable bonds is 3. The summed E-state index contributed by atoms with van der Waals surface area (Å²) in [6, 6.07) is 4.27. The molecule has 0 aliphatic heterocycles. The highest BCUT2D eigenvalue weighted by atomic mass is 35.5. The molecule has 2 rings (SSSR count). The molecule has 2 atom stereocenters. The maximum absolute atomic E-state index is 10.9. The number of benzene rings is 1. The number of ether oxygens (including phenoxy) is 1. The van der Waals surface area contributed by atoms with E-state index >= 15 is 0 Å². The molecule has 0 spiro atoms. The minimum Gasteiger partial charge on any atom is -0.481 e. The highest BCUT2D eigenvalue weighted by Gasteiger charge is 2.27. The molecule has 0 amide bonds. The third kappa shape index (κ3) is 2.91. The predicted molar refractivity (Wildman–Crippen MR) is 67.0 cm³/mol. The molecule has 18 heavy (non-hydrogen) atoms. The zero-order valence-electron chi connectivity index (χ0n) is 9.71. The van der Waals surface area contributed by atoms with Crippen LogP contribution in [0.1, 0.15) is 25.7 Å². The van der Waals surface area contributed by atoms with E-state index in [0.717, 1.165) is 12.8 Å². The van der Waals surface area contributed by atoms with Gasteiger partial charge in [0, 0.05) is 11.1 Å². The Hall–Kier alpha value is -1.33. The first-order chi connectivity index (χ1) is 8.58. The van der Waals surface area contributed by atoms with Crippen molar-refractivity contribution in [3.63, 3.8) is 0 Å². The van der Waals surface area contributed by atoms with E-state index in [0.29, 0.717) is 17.9 Å². The molecule has 6 heteroatoms. The van der Waals surface area contributed by atoms with Crippen LogP contribution in [-0.2, 0) is 0 Å². The average Bonchev–Trinajstić information content (AvgIpc) is 2.34. The van der Waals surface area contributed by atoms with E-state index in [1.165, 1.54) is 12.1 Å². The van der Waals surface area contributed by atoms with Crippen LogP contribution in [0.3, 0.4) is 0 Å². The van der Waals surface area contributed by atoms with Crippen LogP contribution >= 0.6 is 11.6 Å². The predicted octanol–water partition coefficient (Wildman–Crippen LogP) is 2.93. The molecule has 1 aromatic rings. The number of aliphatic hydroxyl groups is 1. The number of nitro groups is 1. The minimum absolute atomic E-state index is 0.162. The van der Waals surface area contributed by atoms with E-state index in [1.54, 1.807) is 6.07 Å². The highest BCUT2D eigenvalue weighted by Crippen LogP contribution is 2.33. The number of nitro benzene ring substituents is 1. The maximum atomic E-state index is 10.9. The van der Waals surface area contributed by atoms with Crippen molar-refractivity contribution in [3.8, 4) is 5.75 Å². The Morgan fingerprint density at radius 1 is 1.39 bits per heavy atom. The van der Waals surface area contributed by atoms with Gasteiger partial charge in [-0.2, -0.15) is 0 Å². The van der Waals surface area contributed by atoms with Crippen molar-refractivity contribution in [3.05, 3.63) is 33.3 Å². The Bertz CT molecular complexity index is 452. The number of hydrogen-bond donors (Lipinski definition) is 1. The van der Waals surface area contributed by atoms with Gasteiger partial charge in [0.05, 0.1) is 11.0 Å². The summed E-state index contributed by atoms with van der Waals surface area (Å²) in [6.07, 6.45) is 2.37. The summed E-state index contributed by atoms with van der Waals surface area (Å²) in [7, 11) is 0. The summed E-state index contributed by atoms with van der Waals surface area (Å²) in [5.41, 5.74) is -0.166. The lowest BCUT2D eigenvalue weighted by Crippen LogP contribution is -2.34. The smallest absolute Gasteiger partial charge is 0.312 e. The second kappa shape index (κ2) is 5.54. The lowest BCUT2D eigenvalue weighted by molar-refractivity contribution is -0.386. The Balaban J connectivity index is 2.20. The summed E-state index contributed by atoms with van der Waals surface area (Å²) in [6.45, 7) is 0. The van der Waals surface area contributed by atoms with Crippen LogP contribution in [0.4, 0.5) is 5.69 Å². The van der Waals surface area contributed by atoms with E-state index < -0.39 is 11.0 Å². The highest BCUT2D eigenvalue weighted by molar-refractivity contribution is 6.30. The van der Waals surface area contributed by atoms with Gasteiger partial charge in [0.1, 0.15) is 6.10 Å². The summed E-state index contributed by atoms with van der Waals surface area (Å²) >= 11 is 5.72. The molecule has 0 radical (unpaired) electrons. The van der Waals surface area contributed by atoms with Crippen molar-refractivity contribution < 1.29 is 14.8 Å². The van der Waals surface area contributed by atoms with Crippen molar-refractivity contribution in [1.82, 2.24) is 0 Å². The van der Waals surface area contributed by atoms with Crippen molar-refractivity contribution in [2.75, 3.05) is 0 Å². The van der Waals surface area contributed by atoms with E-state index in [2.05, 4.69) is 0 Å². The van der Waals surface area contributed by atoms with Crippen LogP contribution in [0.15, 0.2) is 18.2 Å². The van der Waals surface area contributed by atoms with Gasteiger partial charge in [-0.1, -0.05) is 18.0 Å². The Kier molecular flexibility index (Phi) is 4.04. The summed E-state index contributed by atoms with van der Waals surface area (Å²) in [5, 5.41) is 21.0. The second-order valence-corrected chi connectivity index (χ2v) is 4.81. The molecule has 5 nitrogen and oxygen atoms in total. The van der Waals surface area contributed by atoms with E-state index in [1.807, 2.05) is 0 Å². The largest absolute Gasteiger partial charge is 0.481 e. The molecule has 0 bridgehead atoms. The van der Waals surface area contributed by atoms with Crippen LogP contribution < -0.4 is 4.74 Å². The molecule has 0 heterocycles. The molecular formula is C12H14ClNO4. The average molecular weight is 272 g/mol. The monoisotopic (exact) mass is 271 g/mol. The molecular weight excluding hydrogens is 258 g/mol. The lowest BCUT2D eigenvalue weighted by atomic mass is 9.95. The van der Waals surface area contributed by atoms with Gasteiger partial charge in [-0.25, -0.2) is 0 Å². The normalized spacial score (nSPS) is 23.7. The molecule has 98 valence electrons. The molecule has 1 aliphatic rings. The second-order valence-electron chi connectivity index (χ2n) is 4.38. The Morgan fingerprint density at radius 3 is 2.78 bits per heavy atom. The van der Waals surface area contributed by atoms with Crippen molar-refractivity contribution in [1.29, 1.82) is 0 Å². The van der Waals surface area contributed by atoms with E-state index in [9.17, 15) is 15.2 Å². The quantitative estimate of drug-likeness (QED) is 0.678. The van der Waals surface area contributed by atoms with Crippen molar-refractivity contribution in [2.24, 2.45) is 0 Å². The third-order valence-corrected chi connectivity index (χ3v) is 3.30. The van der Waals surface area contributed by atoms with Crippen LogP contribution in [0.25, 0.3) is 0 Å². The molecule has 0 saturated heterocycles. The van der Waals surface area contributed by atoms with Gasteiger partial charge in [0.15, 0.2) is 5.75 Å². The van der Waals surface area contributed by atoms with E-state index in [4.69, 9.17) is 16.3 Å². The molecule has 1 fully saturated rings. The Labute approximate surface area is 109 Å². The molecule has 0 aromatic heterocycles. The molecule has 1 saturated carbocycles. The summed E-state index contributed by atoms with van der Waals surface area (Å²) in [5.74, 6) is 0.162. The number of hydrogen-bond acceptors (Lipinski definition) is 4. The van der Waals surface area contributed by atoms with Gasteiger partial charge in [0.2, 0.25) is 0 Å². The minimum atomic E-state index is -0.561. The zero-order valence-corrected chi connectivity index (χ0v) is 10.5. The summed E-state index contributed by atoms with van der Waals surface area (Å²) < 4.78 is 5.56. The molecule has 1 N–H and O–H groups in total. The molecule has 1 aromatic carbocycles. The fraction of sp³-hybridized carbons (Fsp3) is 0.500. The number of aliphatic hydroxyl groups excluding tert-OH is 1. The van der Waals surface area contributed by atoms with Gasteiger partial charge >= 0.3 is 5.69 Å². The first-order valence-electron chi connectivity index (χ1n) is 5.86. The molecule has 0 unspecified atom stereocenters. The molecule has 1 aliphatic carbocycles. The lowest BCUT2D eigenvalue weighted by Gasteiger charge is -2.27. The van der Waals surface area contributed by atoms with Gasteiger partial charge < -0.3 is 9.84 Å². The van der Waals surface area contributed by atoms with Crippen LogP contribution in [0.5, 0.6) is 5.75 Å². The van der Waals surface area contributed by atoms with Crippen molar-refractivity contribution in [2.45, 2.75) is 37.9 Å². The maximum Gasteiger partial charge on any atom is 0.312 e. The van der Waals surface area contributed by atoms with Crippen molar-refractivity contribution >= 4 is 17.3 Å². The topological polar surface area (TPSA) is 72.6 Å². The first kappa shape index (κ1) is 13.1. The van der Waals surface area contributed by atoms with Crippen LogP contribution in [-0.4, -0.2) is 22.2 Å². The summed E-state index contributed by atoms with van der Waals surface area (Å²) in [4.78, 5) is 10.4. The standard InChI is InChI=1S/C12H14ClNO4/c13-8-5-6-11(9(7-8)14(16)17)18-12-4-2-1-3-10(12)15/h5-7,10,12,15H,1-4H2/t10-,12-/m0/s1. The first-order valence-corrected chi connectivity index (χ1v) is 6.24. The zero-order chi connectivity index (χ0) is 13.1. The van der Waals surface area contributed by atoms with Gasteiger partial charge in [-0.05, 0) is 31.4 Å². The van der Waals surface area contributed by atoms with Gasteiger partial charge in [-0.15, -0.1) is 0 Å². The van der Waals surface area contributed by atoms with Gasteiger partial charge in [0.25, 0.3) is 0 Å². The number of nitrogens with zero attached hydrogens (tertiary/aromatic N) is 1. The van der Waals surface area contributed by atoms with E-state index in [-0.39, 0.29) is 17.5 Å². The fourth-order valence-corrected chi connectivity index (χ4v) is 2.28. The fourth-order valence-electron chi connectivity index (χ4n) is 2.11. The SMILES string of the molecule is O=[N+]([O-])c1cc(Cl)ccc1O[C@H]1CCCC[C@@H]1O. The van der Waals surface area contributed by atoms with Gasteiger partial charge in [-0.3, -0.25) is 10.1 Å². The third-order valence-electron chi connectivity index (χ3n) is 3.06. The number of halogens is 1. The Morgan fingerprint density at radius 2 is 2.11 bits per heavy atom. The van der Waals surface area contributed by atoms with Crippen LogP contribution in [0, 0.1) is 10.1 Å². The van der Waals surface area contributed by atoms with Crippen LogP contribution in [0.2, 0.25) is 5.02 Å².